The van der Waals surface area contributed by atoms with Crippen LogP contribution in [0.25, 0.3) is 21.3 Å². The minimum absolute atomic E-state index is 0.703. The fourth-order valence-corrected chi connectivity index (χ4v) is 3.32. The highest BCUT2D eigenvalue weighted by molar-refractivity contribution is 7.16. The normalized spacial score (nSPS) is 12.9. The Morgan fingerprint density at radius 3 is 2.82 bits per heavy atom. The van der Waals surface area contributed by atoms with Gasteiger partial charge in [-0.1, -0.05) is 35.6 Å². The third-order valence-corrected chi connectivity index (χ3v) is 4.55. The van der Waals surface area contributed by atoms with Crippen molar-refractivity contribution in [3.05, 3.63) is 59.2 Å². The predicted octanol–water partition coefficient (Wildman–Crippen LogP) is 3.05. The quantitative estimate of drug-likeness (QED) is 0.449. The highest BCUT2D eigenvalue weighted by Crippen LogP contribution is 2.15. The molecule has 108 valence electrons. The second-order valence-corrected chi connectivity index (χ2v) is 5.90. The van der Waals surface area contributed by atoms with Crippen molar-refractivity contribution < 1.29 is 0 Å². The Hall–Kier alpha value is -2.73. The maximum Gasteiger partial charge on any atom is 0.211 e. The molecule has 0 bridgehead atoms. The zero-order chi connectivity index (χ0) is 14.9. The van der Waals surface area contributed by atoms with E-state index in [9.17, 15) is 0 Å². The van der Waals surface area contributed by atoms with Gasteiger partial charge in [0, 0.05) is 7.05 Å². The first-order valence-electron chi connectivity index (χ1n) is 6.88. The number of imidazole rings is 1. The van der Waals surface area contributed by atoms with Crippen LogP contribution in [-0.2, 0) is 7.05 Å². The number of nitrogens with one attached hydrogen (secondary N) is 1. The van der Waals surface area contributed by atoms with Crippen LogP contribution in [0.15, 0.2) is 58.7 Å². The van der Waals surface area contributed by atoms with Crippen molar-refractivity contribution in [2.75, 3.05) is 0 Å². The second-order valence-electron chi connectivity index (χ2n) is 4.90. The molecule has 22 heavy (non-hydrogen) atoms. The van der Waals surface area contributed by atoms with Crippen LogP contribution in [0.4, 0.5) is 0 Å². The number of para-hydroxylation sites is 3. The minimum atomic E-state index is 0.703. The van der Waals surface area contributed by atoms with E-state index in [1.54, 1.807) is 17.6 Å². The molecule has 0 aliphatic rings. The van der Waals surface area contributed by atoms with E-state index in [4.69, 9.17) is 0 Å². The number of benzene rings is 2. The fraction of sp³-hybridized carbons (Fsp3) is 0.0625. The first-order valence-corrected chi connectivity index (χ1v) is 7.69. The van der Waals surface area contributed by atoms with E-state index in [0.29, 0.717) is 5.82 Å². The van der Waals surface area contributed by atoms with E-state index >= 15 is 0 Å². The lowest BCUT2D eigenvalue weighted by atomic mass is 10.3. The Morgan fingerprint density at radius 1 is 1.14 bits per heavy atom. The molecule has 0 spiro atoms. The van der Waals surface area contributed by atoms with Crippen molar-refractivity contribution in [3.8, 4) is 0 Å². The summed E-state index contributed by atoms with van der Waals surface area (Å²) in [6, 6.07) is 16.1. The lowest BCUT2D eigenvalue weighted by molar-refractivity contribution is 0.889. The Balaban J connectivity index is 1.71. The molecule has 0 radical (unpaired) electrons. The first-order chi connectivity index (χ1) is 10.8. The molecule has 0 aliphatic carbocycles. The molecule has 5 nitrogen and oxygen atoms in total. The molecule has 0 aliphatic heterocycles. The zero-order valence-corrected chi connectivity index (χ0v) is 12.7. The molecule has 0 saturated heterocycles. The predicted molar refractivity (Wildman–Crippen MR) is 90.0 cm³/mol. The van der Waals surface area contributed by atoms with Crippen LogP contribution in [0.3, 0.4) is 0 Å². The third-order valence-electron chi connectivity index (χ3n) is 3.45. The summed E-state index contributed by atoms with van der Waals surface area (Å²) in [5.74, 6) is 0.703. The van der Waals surface area contributed by atoms with Crippen LogP contribution in [0.5, 0.6) is 0 Å². The molecular weight excluding hydrogens is 294 g/mol. The molecular formula is C16H13N5S. The van der Waals surface area contributed by atoms with Crippen LogP contribution < -0.4 is 4.80 Å². The number of thiazole rings is 1. The topological polar surface area (TPSA) is 58.3 Å². The monoisotopic (exact) mass is 307 g/mol. The molecule has 2 aromatic heterocycles. The molecule has 1 N–H and O–H groups in total. The van der Waals surface area contributed by atoms with E-state index < -0.39 is 0 Å². The first kappa shape index (κ1) is 13.0. The summed E-state index contributed by atoms with van der Waals surface area (Å²) < 4.78 is 3.23. The summed E-state index contributed by atoms with van der Waals surface area (Å²) in [6.07, 6.45) is 1.64. The lowest BCUT2D eigenvalue weighted by Crippen LogP contribution is -2.08. The van der Waals surface area contributed by atoms with E-state index in [1.165, 1.54) is 4.70 Å². The molecule has 2 heterocycles. The van der Waals surface area contributed by atoms with Crippen molar-refractivity contribution in [2.24, 2.45) is 17.3 Å². The average molecular weight is 307 g/mol. The summed E-state index contributed by atoms with van der Waals surface area (Å²) in [6.45, 7) is 0. The highest BCUT2D eigenvalue weighted by Gasteiger charge is 2.01. The third kappa shape index (κ3) is 2.23. The second kappa shape index (κ2) is 5.23. The van der Waals surface area contributed by atoms with Gasteiger partial charge in [0.25, 0.3) is 0 Å². The van der Waals surface area contributed by atoms with Gasteiger partial charge in [0.05, 0.1) is 27.5 Å². The van der Waals surface area contributed by atoms with Crippen LogP contribution in [0, 0.1) is 0 Å². The van der Waals surface area contributed by atoms with Gasteiger partial charge in [-0.15, -0.1) is 5.10 Å². The van der Waals surface area contributed by atoms with Crippen LogP contribution in [0.2, 0.25) is 0 Å². The highest BCUT2D eigenvalue weighted by atomic mass is 32.1. The number of aryl methyl sites for hydroxylation is 1. The average Bonchev–Trinajstić information content (AvgIpc) is 3.09. The summed E-state index contributed by atoms with van der Waals surface area (Å²) in [4.78, 5) is 8.50. The molecule has 4 aromatic rings. The fourth-order valence-electron chi connectivity index (χ4n) is 2.34. The standard InChI is InChI=1S/C16H13N5S/c1-21-13-8-4-5-9-14(13)22-16(21)20-17-10-15-18-11-6-2-3-7-12(11)19-15/h2-10H,1H3,(H,18,19)/b17-10+,20-16+. The van der Waals surface area contributed by atoms with Gasteiger partial charge in [0.15, 0.2) is 5.82 Å². The molecule has 0 atom stereocenters. The summed E-state index contributed by atoms with van der Waals surface area (Å²) in [7, 11) is 1.99. The van der Waals surface area contributed by atoms with Gasteiger partial charge in [-0.3, -0.25) is 0 Å². The van der Waals surface area contributed by atoms with Crippen molar-refractivity contribution in [2.45, 2.75) is 0 Å². The van der Waals surface area contributed by atoms with Crippen LogP contribution in [0.1, 0.15) is 5.82 Å². The van der Waals surface area contributed by atoms with Crippen LogP contribution in [-0.4, -0.2) is 20.7 Å². The molecule has 6 heteroatoms. The molecule has 4 rings (SSSR count). The van der Waals surface area contributed by atoms with Gasteiger partial charge in [-0.25, -0.2) is 4.98 Å². The number of rotatable bonds is 2. The number of H-pyrrole nitrogens is 1. The van der Waals surface area contributed by atoms with Gasteiger partial charge in [-0.2, -0.15) is 5.10 Å². The van der Waals surface area contributed by atoms with E-state index in [0.717, 1.165) is 21.4 Å². The van der Waals surface area contributed by atoms with Gasteiger partial charge >= 0.3 is 0 Å². The maximum absolute atomic E-state index is 4.44. The maximum atomic E-state index is 4.44. The smallest absolute Gasteiger partial charge is 0.211 e. The molecule has 0 amide bonds. The van der Waals surface area contributed by atoms with Gasteiger partial charge in [0.1, 0.15) is 0 Å². The number of fused-ring (bicyclic) bond motifs is 2. The Labute approximate surface area is 130 Å². The van der Waals surface area contributed by atoms with Gasteiger partial charge < -0.3 is 9.55 Å². The number of aromatic amines is 1. The minimum Gasteiger partial charge on any atom is -0.337 e. The Bertz CT molecular complexity index is 1020. The summed E-state index contributed by atoms with van der Waals surface area (Å²) >= 11 is 1.62. The number of hydrogen-bond donors (Lipinski definition) is 1. The largest absolute Gasteiger partial charge is 0.337 e. The van der Waals surface area contributed by atoms with E-state index in [2.05, 4.69) is 32.3 Å². The van der Waals surface area contributed by atoms with E-state index in [1.807, 2.05) is 48.0 Å². The molecule has 0 fully saturated rings. The van der Waals surface area contributed by atoms with Crippen molar-refractivity contribution in [1.29, 1.82) is 0 Å². The summed E-state index contributed by atoms with van der Waals surface area (Å²) in [5.41, 5.74) is 3.08. The van der Waals surface area contributed by atoms with Gasteiger partial charge in [-0.05, 0) is 24.3 Å². The number of hydrogen-bond acceptors (Lipinski definition) is 4. The van der Waals surface area contributed by atoms with Crippen LogP contribution >= 0.6 is 11.3 Å². The van der Waals surface area contributed by atoms with Crippen molar-refractivity contribution >= 4 is 38.8 Å². The molecule has 0 saturated carbocycles. The van der Waals surface area contributed by atoms with Crippen molar-refractivity contribution in [3.63, 3.8) is 0 Å². The molecule has 2 aromatic carbocycles. The molecule has 0 unspecified atom stereocenters. The van der Waals surface area contributed by atoms with E-state index in [-0.39, 0.29) is 0 Å². The number of aromatic nitrogens is 3. The SMILES string of the molecule is Cn1/c(=N\N=C\c2nc3ccccc3[nH]2)sc2ccccc21. The zero-order valence-electron chi connectivity index (χ0n) is 11.9. The Morgan fingerprint density at radius 2 is 1.95 bits per heavy atom. The van der Waals surface area contributed by atoms with Gasteiger partial charge in [0.2, 0.25) is 4.80 Å². The Kier molecular flexibility index (Phi) is 3.08. The number of nitrogens with zero attached hydrogens (tertiary/aromatic N) is 4. The lowest BCUT2D eigenvalue weighted by Gasteiger charge is -1.92. The van der Waals surface area contributed by atoms with Crippen molar-refractivity contribution in [1.82, 2.24) is 14.5 Å². The summed E-state index contributed by atoms with van der Waals surface area (Å²) in [5, 5.41) is 8.46.